The van der Waals surface area contributed by atoms with Gasteiger partial charge in [-0.25, -0.2) is 9.37 Å². The van der Waals surface area contributed by atoms with Crippen LogP contribution in [0.2, 0.25) is 0 Å². The van der Waals surface area contributed by atoms with Crippen LogP contribution in [0.4, 0.5) is 4.39 Å². The quantitative estimate of drug-likeness (QED) is 0.751. The summed E-state index contributed by atoms with van der Waals surface area (Å²) < 4.78 is 18.4. The predicted octanol–water partition coefficient (Wildman–Crippen LogP) is 2.55. The molecule has 0 spiro atoms. The van der Waals surface area contributed by atoms with Gasteiger partial charge < -0.3 is 4.42 Å². The topological polar surface area (TPSA) is 49.8 Å². The third-order valence-corrected chi connectivity index (χ3v) is 1.92. The molecule has 0 saturated carbocycles. The highest BCUT2D eigenvalue weighted by Gasteiger charge is 2.10. The third kappa shape index (κ3) is 1.86. The Kier molecular flexibility index (Phi) is 2.46. The van der Waals surface area contributed by atoms with E-state index >= 15 is 0 Å². The molecule has 1 aromatic carbocycles. The highest BCUT2D eigenvalue weighted by Crippen LogP contribution is 2.21. The molecule has 15 heavy (non-hydrogen) atoms. The molecule has 0 bridgehead atoms. The maximum Gasteiger partial charge on any atom is 0.229 e. The molecular formula is C11H7FN2O. The summed E-state index contributed by atoms with van der Waals surface area (Å²) in [6.07, 6.45) is 1.53. The summed E-state index contributed by atoms with van der Waals surface area (Å²) in [5.41, 5.74) is 0.817. The van der Waals surface area contributed by atoms with Crippen molar-refractivity contribution in [3.8, 4) is 17.5 Å². The minimum Gasteiger partial charge on any atom is -0.444 e. The molecule has 3 nitrogen and oxygen atoms in total. The molecule has 4 heteroatoms. The zero-order chi connectivity index (χ0) is 10.7. The van der Waals surface area contributed by atoms with E-state index in [1.807, 2.05) is 6.07 Å². The van der Waals surface area contributed by atoms with Gasteiger partial charge in [-0.05, 0) is 12.1 Å². The highest BCUT2D eigenvalue weighted by molar-refractivity contribution is 5.53. The van der Waals surface area contributed by atoms with Crippen molar-refractivity contribution in [3.63, 3.8) is 0 Å². The lowest BCUT2D eigenvalue weighted by Gasteiger charge is -1.95. The van der Waals surface area contributed by atoms with Crippen LogP contribution in [0.15, 0.2) is 34.9 Å². The van der Waals surface area contributed by atoms with Gasteiger partial charge in [-0.1, -0.05) is 12.1 Å². The number of nitrogens with zero attached hydrogens (tertiary/aromatic N) is 2. The zero-order valence-corrected chi connectivity index (χ0v) is 7.77. The first-order valence-corrected chi connectivity index (χ1v) is 4.37. The lowest BCUT2D eigenvalue weighted by Crippen LogP contribution is -1.85. The molecule has 0 amide bonds. The second kappa shape index (κ2) is 3.93. The molecule has 0 atom stereocenters. The van der Waals surface area contributed by atoms with Crippen LogP contribution in [0.3, 0.4) is 0 Å². The van der Waals surface area contributed by atoms with Gasteiger partial charge in [-0.15, -0.1) is 0 Å². The Balaban J connectivity index is 2.38. The van der Waals surface area contributed by atoms with Crippen LogP contribution < -0.4 is 0 Å². The smallest absolute Gasteiger partial charge is 0.229 e. The van der Waals surface area contributed by atoms with E-state index in [0.717, 1.165) is 0 Å². The van der Waals surface area contributed by atoms with Gasteiger partial charge >= 0.3 is 0 Å². The van der Waals surface area contributed by atoms with E-state index in [1.165, 1.54) is 12.3 Å². The number of hydrogen-bond acceptors (Lipinski definition) is 3. The molecule has 0 aliphatic rings. The van der Waals surface area contributed by atoms with Gasteiger partial charge in [0.1, 0.15) is 12.1 Å². The molecule has 1 aromatic heterocycles. The second-order valence-corrected chi connectivity index (χ2v) is 2.96. The Hall–Kier alpha value is -2.15. The van der Waals surface area contributed by atoms with Crippen molar-refractivity contribution >= 4 is 0 Å². The van der Waals surface area contributed by atoms with Crippen molar-refractivity contribution < 1.29 is 8.81 Å². The molecule has 0 unspecified atom stereocenters. The maximum atomic E-state index is 13.3. The first-order chi connectivity index (χ1) is 7.31. The lowest BCUT2D eigenvalue weighted by molar-refractivity contribution is 0.561. The van der Waals surface area contributed by atoms with Gasteiger partial charge in [-0.3, -0.25) is 0 Å². The molecular weight excluding hydrogens is 195 g/mol. The van der Waals surface area contributed by atoms with E-state index in [9.17, 15) is 4.39 Å². The van der Waals surface area contributed by atoms with E-state index in [1.54, 1.807) is 18.2 Å². The Morgan fingerprint density at radius 1 is 1.40 bits per heavy atom. The van der Waals surface area contributed by atoms with Crippen molar-refractivity contribution in [1.82, 2.24) is 4.98 Å². The van der Waals surface area contributed by atoms with E-state index < -0.39 is 0 Å². The van der Waals surface area contributed by atoms with Crippen LogP contribution in [-0.2, 0) is 6.42 Å². The summed E-state index contributed by atoms with van der Waals surface area (Å²) in [6.45, 7) is 0. The second-order valence-electron chi connectivity index (χ2n) is 2.96. The Bertz CT molecular complexity index is 513. The van der Waals surface area contributed by atoms with Crippen LogP contribution in [0, 0.1) is 17.1 Å². The predicted molar refractivity (Wildman–Crippen MR) is 51.2 cm³/mol. The van der Waals surface area contributed by atoms with Crippen molar-refractivity contribution in [2.24, 2.45) is 0 Å². The monoisotopic (exact) mass is 202 g/mol. The Morgan fingerprint density at radius 3 is 2.93 bits per heavy atom. The fraction of sp³-hybridized carbons (Fsp3) is 0.0909. The van der Waals surface area contributed by atoms with Gasteiger partial charge in [0.15, 0.2) is 0 Å². The van der Waals surface area contributed by atoms with Gasteiger partial charge in [0.25, 0.3) is 0 Å². The van der Waals surface area contributed by atoms with E-state index in [0.29, 0.717) is 11.3 Å². The van der Waals surface area contributed by atoms with Crippen LogP contribution in [-0.4, -0.2) is 4.98 Å². The van der Waals surface area contributed by atoms with Crippen LogP contribution in [0.5, 0.6) is 0 Å². The fourth-order valence-corrected chi connectivity index (χ4v) is 1.23. The molecule has 0 radical (unpaired) electrons. The zero-order valence-electron chi connectivity index (χ0n) is 7.77. The van der Waals surface area contributed by atoms with E-state index in [-0.39, 0.29) is 18.1 Å². The summed E-state index contributed by atoms with van der Waals surface area (Å²) in [7, 11) is 0. The van der Waals surface area contributed by atoms with Crippen molar-refractivity contribution in [2.45, 2.75) is 6.42 Å². The first-order valence-electron chi connectivity index (χ1n) is 4.37. The number of hydrogen-bond donors (Lipinski definition) is 0. The Morgan fingerprint density at radius 2 is 2.20 bits per heavy atom. The number of oxazole rings is 1. The molecule has 74 valence electrons. The van der Waals surface area contributed by atoms with Crippen LogP contribution >= 0.6 is 0 Å². The van der Waals surface area contributed by atoms with Crippen LogP contribution in [0.25, 0.3) is 11.5 Å². The highest BCUT2D eigenvalue weighted by atomic mass is 19.1. The normalized spacial score (nSPS) is 9.87. The number of rotatable bonds is 2. The lowest BCUT2D eigenvalue weighted by atomic mass is 10.2. The number of aromatic nitrogens is 1. The van der Waals surface area contributed by atoms with Gasteiger partial charge in [0.2, 0.25) is 5.89 Å². The van der Waals surface area contributed by atoms with Gasteiger partial charge in [0, 0.05) is 0 Å². The fourth-order valence-electron chi connectivity index (χ4n) is 1.23. The summed E-state index contributed by atoms with van der Waals surface area (Å²) in [4.78, 5) is 4.00. The standard InChI is InChI=1S/C11H7FN2O/c12-10-4-2-1-3-9(10)11-14-8(5-6-13)7-15-11/h1-4,7H,5H2. The summed E-state index contributed by atoms with van der Waals surface area (Å²) in [6, 6.07) is 8.16. The average Bonchev–Trinajstić information content (AvgIpc) is 2.68. The number of halogens is 1. The van der Waals surface area contributed by atoms with E-state index in [2.05, 4.69) is 4.98 Å². The molecule has 0 aliphatic heterocycles. The summed E-state index contributed by atoms with van der Waals surface area (Å²) in [5.74, 6) is -0.179. The van der Waals surface area contributed by atoms with E-state index in [4.69, 9.17) is 9.68 Å². The SMILES string of the molecule is N#CCc1coc(-c2ccccc2F)n1. The van der Waals surface area contributed by atoms with Crippen LogP contribution in [0.1, 0.15) is 5.69 Å². The molecule has 0 fully saturated rings. The maximum absolute atomic E-state index is 13.3. The molecule has 2 rings (SSSR count). The van der Waals surface area contributed by atoms with Gasteiger partial charge in [-0.2, -0.15) is 5.26 Å². The minimum absolute atomic E-state index is 0.165. The molecule has 0 N–H and O–H groups in total. The summed E-state index contributed by atoms with van der Waals surface area (Å²) >= 11 is 0. The van der Waals surface area contributed by atoms with Gasteiger partial charge in [0.05, 0.1) is 23.7 Å². The van der Waals surface area contributed by atoms with Crippen molar-refractivity contribution in [1.29, 1.82) is 5.26 Å². The first kappa shape index (κ1) is 9.41. The molecule has 2 aromatic rings. The molecule has 0 saturated heterocycles. The summed E-state index contributed by atoms with van der Waals surface area (Å²) in [5, 5.41) is 8.45. The third-order valence-electron chi connectivity index (χ3n) is 1.92. The van der Waals surface area contributed by atoms with Crippen molar-refractivity contribution in [2.75, 3.05) is 0 Å². The molecule has 1 heterocycles. The molecule has 0 aliphatic carbocycles. The average molecular weight is 202 g/mol. The largest absolute Gasteiger partial charge is 0.444 e. The van der Waals surface area contributed by atoms with Crippen molar-refractivity contribution in [3.05, 3.63) is 42.0 Å². The number of nitriles is 1. The minimum atomic E-state index is -0.386. The Labute approximate surface area is 85.8 Å². The number of benzene rings is 1.